The molecule has 0 radical (unpaired) electrons. The van der Waals surface area contributed by atoms with Crippen LogP contribution in [0.25, 0.3) is 0 Å². The van der Waals surface area contributed by atoms with Crippen LogP contribution in [0.15, 0.2) is 21.7 Å². The molecule has 0 saturated heterocycles. The molecule has 0 bridgehead atoms. The fourth-order valence-corrected chi connectivity index (χ4v) is 1.37. The first-order chi connectivity index (χ1) is 7.19. The van der Waals surface area contributed by atoms with Crippen LogP contribution in [0.3, 0.4) is 0 Å². The second-order valence-electron chi connectivity index (χ2n) is 3.37. The highest BCUT2D eigenvalue weighted by molar-refractivity contribution is 5.77. The Morgan fingerprint density at radius 3 is 2.60 bits per heavy atom. The molecule has 4 heteroatoms. The molecule has 1 aromatic heterocycles. The molecule has 4 nitrogen and oxygen atoms in total. The van der Waals surface area contributed by atoms with Crippen molar-refractivity contribution in [2.75, 3.05) is 13.1 Å². The molecule has 0 unspecified atom stereocenters. The van der Waals surface area contributed by atoms with Crippen LogP contribution >= 0.6 is 0 Å². The van der Waals surface area contributed by atoms with Crippen LogP contribution in [0, 0.1) is 6.92 Å². The SMILES string of the molecule is CCN(CC)C(N)=NCc1occc1C. The largest absolute Gasteiger partial charge is 0.467 e. The van der Waals surface area contributed by atoms with Crippen LogP contribution in [-0.4, -0.2) is 23.9 Å². The number of hydrogen-bond acceptors (Lipinski definition) is 2. The average Bonchev–Trinajstić information content (AvgIpc) is 2.63. The number of hydrogen-bond donors (Lipinski definition) is 1. The van der Waals surface area contributed by atoms with Gasteiger partial charge in [0.05, 0.1) is 6.26 Å². The van der Waals surface area contributed by atoms with Crippen LogP contribution in [0.1, 0.15) is 25.2 Å². The Morgan fingerprint density at radius 2 is 2.13 bits per heavy atom. The van der Waals surface area contributed by atoms with Crippen LogP contribution in [-0.2, 0) is 6.54 Å². The Morgan fingerprint density at radius 1 is 1.47 bits per heavy atom. The molecule has 0 amide bonds. The van der Waals surface area contributed by atoms with Gasteiger partial charge in [-0.2, -0.15) is 0 Å². The van der Waals surface area contributed by atoms with Gasteiger partial charge < -0.3 is 15.1 Å². The third-order valence-corrected chi connectivity index (χ3v) is 2.44. The van der Waals surface area contributed by atoms with Gasteiger partial charge in [-0.15, -0.1) is 0 Å². The molecule has 0 saturated carbocycles. The first-order valence-corrected chi connectivity index (χ1v) is 5.26. The number of nitrogens with two attached hydrogens (primary N) is 1. The second-order valence-corrected chi connectivity index (χ2v) is 3.37. The van der Waals surface area contributed by atoms with Crippen molar-refractivity contribution >= 4 is 5.96 Å². The summed E-state index contributed by atoms with van der Waals surface area (Å²) in [7, 11) is 0. The summed E-state index contributed by atoms with van der Waals surface area (Å²) >= 11 is 0. The summed E-state index contributed by atoms with van der Waals surface area (Å²) in [6.45, 7) is 8.39. The van der Waals surface area contributed by atoms with E-state index in [9.17, 15) is 0 Å². The first-order valence-electron chi connectivity index (χ1n) is 5.26. The molecule has 0 spiro atoms. The molecule has 0 fully saturated rings. The van der Waals surface area contributed by atoms with Crippen molar-refractivity contribution < 1.29 is 4.42 Å². The zero-order chi connectivity index (χ0) is 11.3. The van der Waals surface area contributed by atoms with Crippen LogP contribution in [0.2, 0.25) is 0 Å². The maximum absolute atomic E-state index is 5.84. The molecule has 1 aromatic rings. The Bertz CT molecular complexity index is 326. The van der Waals surface area contributed by atoms with Crippen LogP contribution in [0.5, 0.6) is 0 Å². The molecule has 15 heavy (non-hydrogen) atoms. The lowest BCUT2D eigenvalue weighted by atomic mass is 10.3. The van der Waals surface area contributed by atoms with E-state index in [-0.39, 0.29) is 0 Å². The minimum atomic E-state index is 0.515. The zero-order valence-electron chi connectivity index (χ0n) is 9.66. The number of guanidine groups is 1. The molecule has 0 aliphatic heterocycles. The summed E-state index contributed by atoms with van der Waals surface area (Å²) in [6.07, 6.45) is 1.67. The van der Waals surface area contributed by atoms with Crippen molar-refractivity contribution in [1.82, 2.24) is 4.90 Å². The van der Waals surface area contributed by atoms with Gasteiger partial charge in [0.15, 0.2) is 5.96 Å². The van der Waals surface area contributed by atoms with Gasteiger partial charge in [0, 0.05) is 13.1 Å². The van der Waals surface area contributed by atoms with E-state index in [2.05, 4.69) is 18.8 Å². The average molecular weight is 209 g/mol. The fourth-order valence-electron chi connectivity index (χ4n) is 1.37. The van der Waals surface area contributed by atoms with Crippen molar-refractivity contribution in [2.45, 2.75) is 27.3 Å². The second kappa shape index (κ2) is 5.44. The molecule has 0 aromatic carbocycles. The molecular weight excluding hydrogens is 190 g/mol. The number of aliphatic imine (C=N–C) groups is 1. The minimum absolute atomic E-state index is 0.515. The summed E-state index contributed by atoms with van der Waals surface area (Å²) in [4.78, 5) is 6.31. The van der Waals surface area contributed by atoms with E-state index < -0.39 is 0 Å². The smallest absolute Gasteiger partial charge is 0.191 e. The van der Waals surface area contributed by atoms with E-state index in [0.717, 1.165) is 24.4 Å². The minimum Gasteiger partial charge on any atom is -0.467 e. The van der Waals surface area contributed by atoms with Gasteiger partial charge in [-0.25, -0.2) is 4.99 Å². The van der Waals surface area contributed by atoms with E-state index in [1.165, 1.54) is 0 Å². The predicted octanol–water partition coefficient (Wildman–Crippen LogP) is 1.74. The van der Waals surface area contributed by atoms with Gasteiger partial charge in [0.2, 0.25) is 0 Å². The zero-order valence-corrected chi connectivity index (χ0v) is 9.66. The van der Waals surface area contributed by atoms with Crippen molar-refractivity contribution in [3.05, 3.63) is 23.7 Å². The summed E-state index contributed by atoms with van der Waals surface area (Å²) in [5.74, 6) is 1.46. The maximum Gasteiger partial charge on any atom is 0.191 e. The lowest BCUT2D eigenvalue weighted by Crippen LogP contribution is -2.37. The summed E-state index contributed by atoms with van der Waals surface area (Å²) in [5, 5.41) is 0. The summed E-state index contributed by atoms with van der Waals surface area (Å²) in [5.41, 5.74) is 6.96. The first kappa shape index (κ1) is 11.6. The predicted molar refractivity (Wildman–Crippen MR) is 61.7 cm³/mol. The van der Waals surface area contributed by atoms with E-state index in [1.54, 1.807) is 6.26 Å². The third kappa shape index (κ3) is 3.01. The van der Waals surface area contributed by atoms with Gasteiger partial charge in [-0.05, 0) is 32.4 Å². The van der Waals surface area contributed by atoms with E-state index in [1.807, 2.05) is 17.9 Å². The van der Waals surface area contributed by atoms with Crippen molar-refractivity contribution in [2.24, 2.45) is 10.7 Å². The molecule has 84 valence electrons. The standard InChI is InChI=1S/C11H19N3O/c1-4-14(5-2)11(12)13-8-10-9(3)6-7-15-10/h6-7H,4-5,8H2,1-3H3,(H2,12,13). The van der Waals surface area contributed by atoms with Crippen molar-refractivity contribution in [1.29, 1.82) is 0 Å². The Hall–Kier alpha value is -1.45. The molecule has 0 aliphatic carbocycles. The van der Waals surface area contributed by atoms with Gasteiger partial charge in [0.25, 0.3) is 0 Å². The van der Waals surface area contributed by atoms with Crippen molar-refractivity contribution in [3.8, 4) is 0 Å². The fraction of sp³-hybridized carbons (Fsp3) is 0.545. The molecule has 1 rings (SSSR count). The number of rotatable bonds is 4. The van der Waals surface area contributed by atoms with Gasteiger partial charge in [-0.3, -0.25) is 0 Å². The molecular formula is C11H19N3O. The quantitative estimate of drug-likeness (QED) is 0.607. The van der Waals surface area contributed by atoms with E-state index in [4.69, 9.17) is 10.2 Å². The number of nitrogens with zero attached hydrogens (tertiary/aromatic N) is 2. The van der Waals surface area contributed by atoms with Crippen LogP contribution in [0.4, 0.5) is 0 Å². The highest BCUT2D eigenvalue weighted by Gasteiger charge is 2.04. The van der Waals surface area contributed by atoms with Gasteiger partial charge >= 0.3 is 0 Å². The highest BCUT2D eigenvalue weighted by atomic mass is 16.3. The Balaban J connectivity index is 2.61. The maximum atomic E-state index is 5.84. The third-order valence-electron chi connectivity index (χ3n) is 2.44. The lowest BCUT2D eigenvalue weighted by Gasteiger charge is -2.19. The molecule has 2 N–H and O–H groups in total. The Labute approximate surface area is 90.8 Å². The number of furan rings is 1. The highest BCUT2D eigenvalue weighted by Crippen LogP contribution is 2.09. The van der Waals surface area contributed by atoms with Crippen molar-refractivity contribution in [3.63, 3.8) is 0 Å². The van der Waals surface area contributed by atoms with Gasteiger partial charge in [0.1, 0.15) is 12.3 Å². The summed E-state index contributed by atoms with van der Waals surface area (Å²) < 4.78 is 5.28. The topological polar surface area (TPSA) is 54.8 Å². The van der Waals surface area contributed by atoms with E-state index >= 15 is 0 Å². The molecule has 0 atom stereocenters. The number of aryl methyl sites for hydroxylation is 1. The summed E-state index contributed by atoms with van der Waals surface area (Å²) in [6, 6.07) is 1.93. The monoisotopic (exact) mass is 209 g/mol. The molecule has 0 aliphatic rings. The molecule has 1 heterocycles. The lowest BCUT2D eigenvalue weighted by molar-refractivity contribution is 0.454. The normalized spacial score (nSPS) is 11.8. The van der Waals surface area contributed by atoms with Gasteiger partial charge in [-0.1, -0.05) is 0 Å². The Kier molecular flexibility index (Phi) is 4.21. The van der Waals surface area contributed by atoms with E-state index in [0.29, 0.717) is 12.5 Å². The van der Waals surface area contributed by atoms with Crippen LogP contribution < -0.4 is 5.73 Å².